The lowest BCUT2D eigenvalue weighted by Crippen LogP contribution is -2.25. The summed E-state index contributed by atoms with van der Waals surface area (Å²) in [5.41, 5.74) is 1.56. The molecule has 0 bridgehead atoms. The third-order valence-corrected chi connectivity index (χ3v) is 3.17. The summed E-state index contributed by atoms with van der Waals surface area (Å²) in [6, 6.07) is 5.62. The van der Waals surface area contributed by atoms with E-state index < -0.39 is 5.41 Å². The quantitative estimate of drug-likeness (QED) is 0.662. The number of aliphatic imine (C=N–C) groups is 1. The van der Waals surface area contributed by atoms with Gasteiger partial charge in [-0.3, -0.25) is 9.79 Å². The molecule has 0 amide bonds. The van der Waals surface area contributed by atoms with E-state index in [1.165, 1.54) is 0 Å². The lowest BCUT2D eigenvalue weighted by atomic mass is 9.97. The van der Waals surface area contributed by atoms with Crippen molar-refractivity contribution in [2.24, 2.45) is 10.4 Å². The summed E-state index contributed by atoms with van der Waals surface area (Å²) in [7, 11) is 0. The predicted octanol–water partition coefficient (Wildman–Crippen LogP) is 3.55. The molecule has 4 heteroatoms. The standard InChI is InChI=1S/C16H22N2O2/c1-11-10-12(20-15(19)16(2,3)4)7-8-13(11)18-14-6-5-9-17-14/h7-8,10H,5-6,9H2,1-4H3,(H,17,18). The van der Waals surface area contributed by atoms with Crippen molar-refractivity contribution in [3.8, 4) is 5.75 Å². The van der Waals surface area contributed by atoms with E-state index in [9.17, 15) is 4.79 Å². The van der Waals surface area contributed by atoms with Crippen LogP contribution in [-0.4, -0.2) is 18.3 Å². The van der Waals surface area contributed by atoms with Gasteiger partial charge in [0.15, 0.2) is 0 Å². The molecule has 0 unspecified atom stereocenters. The maximum atomic E-state index is 11.9. The first-order chi connectivity index (χ1) is 9.36. The van der Waals surface area contributed by atoms with Crippen molar-refractivity contribution in [3.63, 3.8) is 0 Å². The third kappa shape index (κ3) is 3.59. The number of aryl methyl sites for hydroxylation is 1. The molecule has 20 heavy (non-hydrogen) atoms. The topological polar surface area (TPSA) is 50.7 Å². The van der Waals surface area contributed by atoms with Gasteiger partial charge >= 0.3 is 5.97 Å². The van der Waals surface area contributed by atoms with E-state index in [1.807, 2.05) is 45.9 Å². The van der Waals surface area contributed by atoms with Crippen LogP contribution in [0.2, 0.25) is 0 Å². The van der Waals surface area contributed by atoms with E-state index in [0.717, 1.165) is 36.5 Å². The first-order valence-corrected chi connectivity index (χ1v) is 6.99. The number of hydrogen-bond donors (Lipinski definition) is 1. The van der Waals surface area contributed by atoms with Gasteiger partial charge in [0.1, 0.15) is 11.6 Å². The molecule has 0 fully saturated rings. The molecule has 108 valence electrons. The van der Waals surface area contributed by atoms with E-state index in [1.54, 1.807) is 0 Å². The summed E-state index contributed by atoms with van der Waals surface area (Å²) in [6.07, 6.45) is 2.11. The van der Waals surface area contributed by atoms with Gasteiger partial charge in [0.05, 0.1) is 5.41 Å². The molecular weight excluding hydrogens is 252 g/mol. The van der Waals surface area contributed by atoms with Gasteiger partial charge in [0, 0.05) is 18.7 Å². The van der Waals surface area contributed by atoms with Gasteiger partial charge in [-0.25, -0.2) is 0 Å². The Morgan fingerprint density at radius 3 is 2.65 bits per heavy atom. The summed E-state index contributed by atoms with van der Waals surface area (Å²) in [4.78, 5) is 16.2. The Labute approximate surface area is 120 Å². The summed E-state index contributed by atoms with van der Waals surface area (Å²) in [5.74, 6) is 1.40. The number of nitrogens with zero attached hydrogens (tertiary/aromatic N) is 1. The number of carbonyl (C=O) groups excluding carboxylic acids is 1. The first kappa shape index (κ1) is 14.6. The Kier molecular flexibility index (Phi) is 4.12. The van der Waals surface area contributed by atoms with Crippen molar-refractivity contribution in [3.05, 3.63) is 23.8 Å². The van der Waals surface area contributed by atoms with Gasteiger partial charge in [0.25, 0.3) is 0 Å². The van der Waals surface area contributed by atoms with Gasteiger partial charge in [-0.05, 0) is 57.9 Å². The summed E-state index contributed by atoms with van der Waals surface area (Å²) in [5, 5.41) is 3.33. The molecule has 0 saturated heterocycles. The summed E-state index contributed by atoms with van der Waals surface area (Å²) in [6.45, 7) is 8.43. The fraction of sp³-hybridized carbons (Fsp3) is 0.500. The molecule has 0 atom stereocenters. The summed E-state index contributed by atoms with van der Waals surface area (Å²) >= 11 is 0. The lowest BCUT2D eigenvalue weighted by molar-refractivity contribution is -0.142. The molecular formula is C16H22N2O2. The van der Waals surface area contributed by atoms with Crippen LogP contribution in [0.5, 0.6) is 5.75 Å². The van der Waals surface area contributed by atoms with Crippen molar-refractivity contribution >= 4 is 17.5 Å². The Hall–Kier alpha value is -1.84. The van der Waals surface area contributed by atoms with Crippen LogP contribution < -0.4 is 10.1 Å². The van der Waals surface area contributed by atoms with Crippen LogP contribution in [0.1, 0.15) is 39.2 Å². The zero-order valence-corrected chi connectivity index (χ0v) is 12.6. The molecule has 1 aromatic carbocycles. The van der Waals surface area contributed by atoms with Crippen molar-refractivity contribution in [2.45, 2.75) is 40.5 Å². The number of esters is 1. The molecule has 1 aliphatic rings. The van der Waals surface area contributed by atoms with Gasteiger partial charge in [0.2, 0.25) is 0 Å². The van der Waals surface area contributed by atoms with Crippen LogP contribution in [-0.2, 0) is 4.79 Å². The van der Waals surface area contributed by atoms with Gasteiger partial charge in [-0.15, -0.1) is 0 Å². The maximum Gasteiger partial charge on any atom is 0.316 e. The molecule has 1 aliphatic heterocycles. The Bertz CT molecular complexity index is 542. The molecule has 0 radical (unpaired) electrons. The van der Waals surface area contributed by atoms with Crippen LogP contribution >= 0.6 is 0 Å². The predicted molar refractivity (Wildman–Crippen MR) is 81.4 cm³/mol. The van der Waals surface area contributed by atoms with E-state index in [2.05, 4.69) is 10.3 Å². The maximum absolute atomic E-state index is 11.9. The Balaban J connectivity index is 2.07. The number of carbonyl (C=O) groups is 1. The van der Waals surface area contributed by atoms with Crippen LogP contribution in [0.15, 0.2) is 23.2 Å². The highest BCUT2D eigenvalue weighted by atomic mass is 16.5. The highest BCUT2D eigenvalue weighted by Crippen LogP contribution is 2.25. The Morgan fingerprint density at radius 1 is 1.35 bits per heavy atom. The molecule has 0 aliphatic carbocycles. The minimum absolute atomic E-state index is 0.224. The molecule has 0 spiro atoms. The lowest BCUT2D eigenvalue weighted by Gasteiger charge is -2.17. The highest BCUT2D eigenvalue weighted by Gasteiger charge is 2.23. The molecule has 1 heterocycles. The smallest absolute Gasteiger partial charge is 0.316 e. The molecule has 1 aromatic rings. The average molecular weight is 274 g/mol. The van der Waals surface area contributed by atoms with Crippen molar-refractivity contribution in [2.75, 3.05) is 11.9 Å². The van der Waals surface area contributed by atoms with Crippen molar-refractivity contribution in [1.29, 1.82) is 0 Å². The fourth-order valence-corrected chi connectivity index (χ4v) is 1.90. The zero-order chi connectivity index (χ0) is 14.8. The fourth-order valence-electron chi connectivity index (χ4n) is 1.90. The van der Waals surface area contributed by atoms with Gasteiger partial charge in [-0.1, -0.05) is 0 Å². The SMILES string of the molecule is Cc1cc(OC(=O)C(C)(C)C)ccc1NC1=NCCC1. The largest absolute Gasteiger partial charge is 0.426 e. The number of amidine groups is 1. The van der Waals surface area contributed by atoms with Crippen LogP contribution in [0.4, 0.5) is 5.69 Å². The zero-order valence-electron chi connectivity index (χ0n) is 12.6. The number of hydrogen-bond acceptors (Lipinski definition) is 4. The molecule has 0 saturated carbocycles. The first-order valence-electron chi connectivity index (χ1n) is 6.99. The second kappa shape index (κ2) is 5.65. The van der Waals surface area contributed by atoms with Gasteiger partial charge in [-0.2, -0.15) is 0 Å². The summed E-state index contributed by atoms with van der Waals surface area (Å²) < 4.78 is 5.39. The molecule has 4 nitrogen and oxygen atoms in total. The minimum Gasteiger partial charge on any atom is -0.426 e. The van der Waals surface area contributed by atoms with E-state index in [0.29, 0.717) is 5.75 Å². The number of anilines is 1. The minimum atomic E-state index is -0.497. The van der Waals surface area contributed by atoms with Gasteiger partial charge < -0.3 is 10.1 Å². The number of nitrogens with one attached hydrogen (secondary N) is 1. The molecule has 2 rings (SSSR count). The van der Waals surface area contributed by atoms with E-state index >= 15 is 0 Å². The third-order valence-electron chi connectivity index (χ3n) is 3.17. The van der Waals surface area contributed by atoms with E-state index in [4.69, 9.17) is 4.74 Å². The number of ether oxygens (including phenoxy) is 1. The van der Waals surface area contributed by atoms with Crippen LogP contribution in [0.3, 0.4) is 0 Å². The molecule has 0 aromatic heterocycles. The molecule has 1 N–H and O–H groups in total. The van der Waals surface area contributed by atoms with E-state index in [-0.39, 0.29) is 5.97 Å². The average Bonchev–Trinajstić information content (AvgIpc) is 2.84. The van der Waals surface area contributed by atoms with Crippen LogP contribution in [0.25, 0.3) is 0 Å². The Morgan fingerprint density at radius 2 is 2.10 bits per heavy atom. The number of benzene rings is 1. The van der Waals surface area contributed by atoms with Crippen LogP contribution in [0, 0.1) is 12.3 Å². The monoisotopic (exact) mass is 274 g/mol. The normalized spacial score (nSPS) is 14.9. The second-order valence-electron chi connectivity index (χ2n) is 6.17. The highest BCUT2D eigenvalue weighted by molar-refractivity contribution is 5.97. The second-order valence-corrected chi connectivity index (χ2v) is 6.17. The van der Waals surface area contributed by atoms with Crippen molar-refractivity contribution < 1.29 is 9.53 Å². The van der Waals surface area contributed by atoms with Crippen molar-refractivity contribution in [1.82, 2.24) is 0 Å². The number of rotatable bonds is 2.